The van der Waals surface area contributed by atoms with Crippen LogP contribution in [0.25, 0.3) is 0 Å². The van der Waals surface area contributed by atoms with Crippen LogP contribution in [-0.2, 0) is 17.8 Å². The lowest BCUT2D eigenvalue weighted by Crippen LogP contribution is -2.53. The molecule has 142 valence electrons. The zero-order valence-electron chi connectivity index (χ0n) is 15.9. The molecule has 0 saturated carbocycles. The third kappa shape index (κ3) is 5.14. The maximum Gasteiger partial charge on any atom is 0.226 e. The van der Waals surface area contributed by atoms with E-state index in [1.165, 1.54) is 5.56 Å². The quantitative estimate of drug-likeness (QED) is 0.779. The van der Waals surface area contributed by atoms with E-state index in [9.17, 15) is 4.79 Å². The van der Waals surface area contributed by atoms with Gasteiger partial charge in [0, 0.05) is 45.1 Å². The van der Waals surface area contributed by atoms with Gasteiger partial charge in [0.15, 0.2) is 5.82 Å². The summed E-state index contributed by atoms with van der Waals surface area (Å²) in [5.74, 6) is 1.42. The minimum absolute atomic E-state index is 0.190. The Morgan fingerprint density at radius 1 is 1.33 bits per heavy atom. The van der Waals surface area contributed by atoms with E-state index in [1.807, 2.05) is 29.2 Å². The highest BCUT2D eigenvalue weighted by Crippen LogP contribution is 2.16. The summed E-state index contributed by atoms with van der Waals surface area (Å²) in [5, 5.41) is 12.6. The van der Waals surface area contributed by atoms with Crippen molar-refractivity contribution in [1.29, 1.82) is 5.26 Å². The molecule has 0 N–H and O–H groups in total. The first-order valence-corrected chi connectivity index (χ1v) is 9.35. The Morgan fingerprint density at radius 2 is 2.11 bits per heavy atom. The molecule has 7 heteroatoms. The van der Waals surface area contributed by atoms with Gasteiger partial charge in [-0.3, -0.25) is 9.69 Å². The SMILES string of the molecule is Cc1noc(CCCC(=O)N2CCN(Cc3ccc(C#N)cc3)CC2C)n1. The Balaban J connectivity index is 1.44. The fourth-order valence-corrected chi connectivity index (χ4v) is 3.47. The first-order chi connectivity index (χ1) is 13.0. The molecule has 3 rings (SSSR count). The van der Waals surface area contributed by atoms with Crippen molar-refractivity contribution in [2.45, 2.75) is 45.7 Å². The lowest BCUT2D eigenvalue weighted by atomic mass is 10.1. The second-order valence-corrected chi connectivity index (χ2v) is 7.07. The summed E-state index contributed by atoms with van der Waals surface area (Å²) in [7, 11) is 0. The van der Waals surface area contributed by atoms with Crippen molar-refractivity contribution in [2.75, 3.05) is 19.6 Å². The number of nitriles is 1. The van der Waals surface area contributed by atoms with Gasteiger partial charge in [0.05, 0.1) is 11.6 Å². The van der Waals surface area contributed by atoms with Crippen molar-refractivity contribution >= 4 is 5.91 Å². The second-order valence-electron chi connectivity index (χ2n) is 7.07. The van der Waals surface area contributed by atoms with Crippen LogP contribution in [0.3, 0.4) is 0 Å². The van der Waals surface area contributed by atoms with Gasteiger partial charge in [0.2, 0.25) is 11.8 Å². The number of carbonyl (C=O) groups excluding carboxylic acids is 1. The minimum Gasteiger partial charge on any atom is -0.339 e. The predicted octanol–water partition coefficient (Wildman–Crippen LogP) is 2.31. The molecule has 2 heterocycles. The van der Waals surface area contributed by atoms with E-state index in [0.29, 0.717) is 30.1 Å². The zero-order valence-corrected chi connectivity index (χ0v) is 15.9. The second kappa shape index (κ2) is 8.78. The minimum atomic E-state index is 0.190. The predicted molar refractivity (Wildman–Crippen MR) is 99.6 cm³/mol. The highest BCUT2D eigenvalue weighted by Gasteiger charge is 2.27. The van der Waals surface area contributed by atoms with Crippen molar-refractivity contribution in [2.24, 2.45) is 0 Å². The molecule has 1 saturated heterocycles. The molecule has 2 aromatic rings. The van der Waals surface area contributed by atoms with Crippen molar-refractivity contribution in [1.82, 2.24) is 19.9 Å². The summed E-state index contributed by atoms with van der Waals surface area (Å²) in [6.45, 7) is 7.19. The first-order valence-electron chi connectivity index (χ1n) is 9.35. The summed E-state index contributed by atoms with van der Waals surface area (Å²) in [6.07, 6.45) is 1.86. The van der Waals surface area contributed by atoms with Gasteiger partial charge < -0.3 is 9.42 Å². The molecule has 0 spiro atoms. The van der Waals surface area contributed by atoms with Crippen LogP contribution in [0.1, 0.15) is 42.6 Å². The number of piperazine rings is 1. The number of nitrogens with zero attached hydrogens (tertiary/aromatic N) is 5. The molecule has 1 aromatic carbocycles. The van der Waals surface area contributed by atoms with Gasteiger partial charge in [0.25, 0.3) is 0 Å². The number of benzene rings is 1. The van der Waals surface area contributed by atoms with E-state index < -0.39 is 0 Å². The van der Waals surface area contributed by atoms with Gasteiger partial charge in [-0.2, -0.15) is 10.2 Å². The average Bonchev–Trinajstić information content (AvgIpc) is 3.07. The summed E-state index contributed by atoms with van der Waals surface area (Å²) in [4.78, 5) is 21.1. The largest absolute Gasteiger partial charge is 0.339 e. The Labute approximate surface area is 159 Å². The van der Waals surface area contributed by atoms with Gasteiger partial charge in [0.1, 0.15) is 0 Å². The van der Waals surface area contributed by atoms with Crippen LogP contribution in [0.15, 0.2) is 28.8 Å². The van der Waals surface area contributed by atoms with Crippen LogP contribution < -0.4 is 0 Å². The number of carbonyl (C=O) groups is 1. The van der Waals surface area contributed by atoms with E-state index in [1.54, 1.807) is 6.92 Å². The molecule has 1 aliphatic heterocycles. The van der Waals surface area contributed by atoms with Crippen LogP contribution in [0.4, 0.5) is 0 Å². The molecule has 7 nitrogen and oxygen atoms in total. The van der Waals surface area contributed by atoms with E-state index in [-0.39, 0.29) is 11.9 Å². The van der Waals surface area contributed by atoms with Crippen molar-refractivity contribution in [3.63, 3.8) is 0 Å². The summed E-state index contributed by atoms with van der Waals surface area (Å²) >= 11 is 0. The molecular formula is C20H25N5O2. The molecule has 0 aliphatic carbocycles. The summed E-state index contributed by atoms with van der Waals surface area (Å²) in [6, 6.07) is 10.0. The molecule has 0 radical (unpaired) electrons. The van der Waals surface area contributed by atoms with Gasteiger partial charge in [-0.25, -0.2) is 0 Å². The third-order valence-corrected chi connectivity index (χ3v) is 4.87. The molecule has 1 aromatic heterocycles. The average molecular weight is 367 g/mol. The van der Waals surface area contributed by atoms with Crippen LogP contribution in [0.2, 0.25) is 0 Å². The number of amides is 1. The van der Waals surface area contributed by atoms with Gasteiger partial charge in [-0.05, 0) is 38.0 Å². The van der Waals surface area contributed by atoms with E-state index in [2.05, 4.69) is 28.0 Å². The number of aromatic nitrogens is 2. The lowest BCUT2D eigenvalue weighted by Gasteiger charge is -2.40. The van der Waals surface area contributed by atoms with Gasteiger partial charge >= 0.3 is 0 Å². The highest BCUT2D eigenvalue weighted by atomic mass is 16.5. The van der Waals surface area contributed by atoms with Crippen LogP contribution in [-0.4, -0.2) is 51.5 Å². The number of hydrogen-bond donors (Lipinski definition) is 0. The first kappa shape index (κ1) is 19.1. The van der Waals surface area contributed by atoms with Crippen molar-refractivity contribution < 1.29 is 9.32 Å². The fourth-order valence-electron chi connectivity index (χ4n) is 3.47. The monoisotopic (exact) mass is 367 g/mol. The molecule has 1 unspecified atom stereocenters. The molecule has 1 aliphatic rings. The van der Waals surface area contributed by atoms with Crippen LogP contribution in [0.5, 0.6) is 0 Å². The Bertz CT molecular complexity index is 809. The Kier molecular flexibility index (Phi) is 6.20. The third-order valence-electron chi connectivity index (χ3n) is 4.87. The molecule has 1 atom stereocenters. The number of aryl methyl sites for hydroxylation is 2. The highest BCUT2D eigenvalue weighted by molar-refractivity contribution is 5.76. The number of rotatable bonds is 6. The van der Waals surface area contributed by atoms with E-state index >= 15 is 0 Å². The normalized spacial score (nSPS) is 17.7. The zero-order chi connectivity index (χ0) is 19.2. The van der Waals surface area contributed by atoms with Gasteiger partial charge in [-0.15, -0.1) is 0 Å². The maximum absolute atomic E-state index is 12.5. The lowest BCUT2D eigenvalue weighted by molar-refractivity contribution is -0.135. The number of hydrogen-bond acceptors (Lipinski definition) is 6. The summed E-state index contributed by atoms with van der Waals surface area (Å²) in [5.41, 5.74) is 1.87. The summed E-state index contributed by atoms with van der Waals surface area (Å²) < 4.78 is 5.09. The standard InChI is InChI=1S/C20H25N5O2/c1-15-13-24(14-18-8-6-17(12-21)7-9-18)10-11-25(15)20(26)5-3-4-19-22-16(2)23-27-19/h6-9,15H,3-5,10-11,13-14H2,1-2H3. The van der Waals surface area contributed by atoms with Gasteiger partial charge in [-0.1, -0.05) is 17.3 Å². The molecular weight excluding hydrogens is 342 g/mol. The van der Waals surface area contributed by atoms with Crippen molar-refractivity contribution in [3.8, 4) is 6.07 Å². The van der Waals surface area contributed by atoms with Crippen LogP contribution in [0, 0.1) is 18.3 Å². The fraction of sp³-hybridized carbons (Fsp3) is 0.500. The topological polar surface area (TPSA) is 86.3 Å². The maximum atomic E-state index is 12.5. The van der Waals surface area contributed by atoms with Crippen LogP contribution >= 0.6 is 0 Å². The Morgan fingerprint density at radius 3 is 2.74 bits per heavy atom. The molecule has 27 heavy (non-hydrogen) atoms. The van der Waals surface area contributed by atoms with E-state index in [4.69, 9.17) is 9.78 Å². The molecule has 1 fully saturated rings. The smallest absolute Gasteiger partial charge is 0.226 e. The van der Waals surface area contributed by atoms with E-state index in [0.717, 1.165) is 32.6 Å². The molecule has 1 amide bonds. The van der Waals surface area contributed by atoms with Crippen molar-refractivity contribution in [3.05, 3.63) is 47.1 Å². The Hall–Kier alpha value is -2.72. The molecule has 0 bridgehead atoms.